The Labute approximate surface area is 161 Å². The monoisotopic (exact) mass is 368 g/mol. The van der Waals surface area contributed by atoms with Crippen LogP contribution in [-0.4, -0.2) is 32.3 Å². The zero-order valence-electron chi connectivity index (χ0n) is 15.9. The predicted octanol–water partition coefficient (Wildman–Crippen LogP) is 4.42. The van der Waals surface area contributed by atoms with Crippen molar-refractivity contribution in [2.75, 3.05) is 31.1 Å². The Morgan fingerprint density at radius 3 is 2.52 bits per heavy atom. The molecule has 2 aliphatic rings. The molecule has 0 amide bonds. The molecule has 0 aromatic heterocycles. The van der Waals surface area contributed by atoms with Crippen LogP contribution in [0.1, 0.15) is 31.2 Å². The summed E-state index contributed by atoms with van der Waals surface area (Å²) in [6.45, 7) is 4.28. The number of hydrogen-bond acceptors (Lipinski definition) is 3. The molecule has 0 bridgehead atoms. The first-order valence-corrected chi connectivity index (χ1v) is 10.2. The van der Waals surface area contributed by atoms with Crippen LogP contribution in [0.3, 0.4) is 0 Å². The second-order valence-corrected chi connectivity index (χ2v) is 7.83. The lowest BCUT2D eigenvalue weighted by molar-refractivity contribution is 0.170. The van der Waals surface area contributed by atoms with Crippen molar-refractivity contribution in [3.05, 3.63) is 59.9 Å². The van der Waals surface area contributed by atoms with E-state index in [2.05, 4.69) is 34.5 Å². The Morgan fingerprint density at radius 1 is 0.963 bits per heavy atom. The van der Waals surface area contributed by atoms with Crippen LogP contribution in [0, 0.1) is 11.7 Å². The summed E-state index contributed by atoms with van der Waals surface area (Å²) in [5.41, 5.74) is 2.78. The summed E-state index contributed by atoms with van der Waals surface area (Å²) in [7, 11) is 0. The van der Waals surface area contributed by atoms with Crippen molar-refractivity contribution in [2.45, 2.75) is 38.2 Å². The molecule has 2 saturated heterocycles. The number of nitrogens with one attached hydrogen (secondary N) is 1. The molecule has 144 valence electrons. The number of anilines is 1. The Morgan fingerprint density at radius 2 is 1.74 bits per heavy atom. The maximum atomic E-state index is 13.3. The minimum absolute atomic E-state index is 0.168. The standard InChI is InChI=1S/C23H29FN2O/c24-20-4-2-6-23(17-20)27-22-9-13-26(14-10-22)21-5-1-3-19(16-21)15-18-7-11-25-12-8-18/h1-6,16-18,22,25H,7-15H2. The summed E-state index contributed by atoms with van der Waals surface area (Å²) in [6.07, 6.45) is 5.86. The highest BCUT2D eigenvalue weighted by Crippen LogP contribution is 2.26. The fourth-order valence-corrected chi connectivity index (χ4v) is 4.26. The Bertz CT molecular complexity index is 737. The number of hydrogen-bond donors (Lipinski definition) is 1. The molecule has 2 aliphatic heterocycles. The third-order valence-corrected chi connectivity index (χ3v) is 5.80. The molecule has 0 unspecified atom stereocenters. The summed E-state index contributed by atoms with van der Waals surface area (Å²) in [5, 5.41) is 3.45. The first-order chi connectivity index (χ1) is 13.3. The molecule has 0 radical (unpaired) electrons. The van der Waals surface area contributed by atoms with Crippen LogP contribution in [0.5, 0.6) is 5.75 Å². The van der Waals surface area contributed by atoms with E-state index in [1.807, 2.05) is 6.07 Å². The van der Waals surface area contributed by atoms with E-state index < -0.39 is 0 Å². The smallest absolute Gasteiger partial charge is 0.126 e. The lowest BCUT2D eigenvalue weighted by atomic mass is 9.91. The summed E-state index contributed by atoms with van der Waals surface area (Å²) in [4.78, 5) is 2.46. The van der Waals surface area contributed by atoms with Gasteiger partial charge < -0.3 is 15.0 Å². The first-order valence-electron chi connectivity index (χ1n) is 10.2. The average Bonchev–Trinajstić information content (AvgIpc) is 2.70. The van der Waals surface area contributed by atoms with E-state index in [0.717, 1.165) is 44.9 Å². The van der Waals surface area contributed by atoms with Crippen LogP contribution in [0.15, 0.2) is 48.5 Å². The molecule has 2 heterocycles. The fourth-order valence-electron chi connectivity index (χ4n) is 4.26. The molecule has 2 aromatic rings. The van der Waals surface area contributed by atoms with Crippen LogP contribution in [-0.2, 0) is 6.42 Å². The first kappa shape index (κ1) is 18.3. The summed E-state index contributed by atoms with van der Waals surface area (Å²) in [6, 6.07) is 15.5. The van der Waals surface area contributed by atoms with Crippen molar-refractivity contribution in [3.8, 4) is 5.75 Å². The molecular formula is C23H29FN2O. The van der Waals surface area contributed by atoms with Crippen molar-refractivity contribution in [2.24, 2.45) is 5.92 Å². The number of halogens is 1. The molecule has 0 aliphatic carbocycles. The van der Waals surface area contributed by atoms with Gasteiger partial charge in [-0.3, -0.25) is 0 Å². The molecule has 1 N–H and O–H groups in total. The van der Waals surface area contributed by atoms with Crippen molar-refractivity contribution >= 4 is 5.69 Å². The van der Waals surface area contributed by atoms with Gasteiger partial charge >= 0.3 is 0 Å². The van der Waals surface area contributed by atoms with Gasteiger partial charge in [0.15, 0.2) is 0 Å². The zero-order valence-corrected chi connectivity index (χ0v) is 15.9. The van der Waals surface area contributed by atoms with E-state index in [4.69, 9.17) is 4.74 Å². The SMILES string of the molecule is Fc1cccc(OC2CCN(c3cccc(CC4CCNCC4)c3)CC2)c1. The summed E-state index contributed by atoms with van der Waals surface area (Å²) in [5.74, 6) is 1.21. The van der Waals surface area contributed by atoms with Gasteiger partial charge in [-0.2, -0.15) is 0 Å². The van der Waals surface area contributed by atoms with Gasteiger partial charge in [0.05, 0.1) is 0 Å². The number of nitrogens with zero attached hydrogens (tertiary/aromatic N) is 1. The van der Waals surface area contributed by atoms with Gasteiger partial charge in [-0.25, -0.2) is 4.39 Å². The van der Waals surface area contributed by atoms with Crippen LogP contribution >= 0.6 is 0 Å². The molecule has 2 aromatic carbocycles. The molecule has 27 heavy (non-hydrogen) atoms. The molecule has 4 rings (SSSR count). The Balaban J connectivity index is 1.32. The van der Waals surface area contributed by atoms with E-state index in [0.29, 0.717) is 5.75 Å². The van der Waals surface area contributed by atoms with Gasteiger partial charge in [-0.1, -0.05) is 18.2 Å². The molecule has 3 nitrogen and oxygen atoms in total. The lowest BCUT2D eigenvalue weighted by Gasteiger charge is -2.34. The Hall–Kier alpha value is -2.07. The fraction of sp³-hybridized carbons (Fsp3) is 0.478. The van der Waals surface area contributed by atoms with Gasteiger partial charge in [0, 0.05) is 37.7 Å². The maximum absolute atomic E-state index is 13.3. The van der Waals surface area contributed by atoms with E-state index in [9.17, 15) is 4.39 Å². The zero-order chi connectivity index (χ0) is 18.5. The van der Waals surface area contributed by atoms with E-state index >= 15 is 0 Å². The molecule has 0 atom stereocenters. The second-order valence-electron chi connectivity index (χ2n) is 7.83. The molecule has 2 fully saturated rings. The highest BCUT2D eigenvalue weighted by atomic mass is 19.1. The van der Waals surface area contributed by atoms with Crippen LogP contribution in [0.25, 0.3) is 0 Å². The van der Waals surface area contributed by atoms with Crippen LogP contribution in [0.4, 0.5) is 10.1 Å². The number of rotatable bonds is 5. The molecule has 0 spiro atoms. The topological polar surface area (TPSA) is 24.5 Å². The number of piperidine rings is 2. The highest BCUT2D eigenvalue weighted by molar-refractivity contribution is 5.49. The van der Waals surface area contributed by atoms with Crippen molar-refractivity contribution in [1.29, 1.82) is 0 Å². The quantitative estimate of drug-likeness (QED) is 0.846. The minimum Gasteiger partial charge on any atom is -0.490 e. The summed E-state index contributed by atoms with van der Waals surface area (Å²) >= 11 is 0. The van der Waals surface area contributed by atoms with Gasteiger partial charge in [-0.05, 0) is 68.1 Å². The summed E-state index contributed by atoms with van der Waals surface area (Å²) < 4.78 is 19.3. The maximum Gasteiger partial charge on any atom is 0.126 e. The minimum atomic E-state index is -0.240. The molecule has 4 heteroatoms. The van der Waals surface area contributed by atoms with E-state index in [1.54, 1.807) is 6.07 Å². The predicted molar refractivity (Wildman–Crippen MR) is 108 cm³/mol. The van der Waals surface area contributed by atoms with Crippen molar-refractivity contribution in [3.63, 3.8) is 0 Å². The molecule has 0 saturated carbocycles. The third-order valence-electron chi connectivity index (χ3n) is 5.80. The lowest BCUT2D eigenvalue weighted by Crippen LogP contribution is -2.38. The van der Waals surface area contributed by atoms with Crippen molar-refractivity contribution in [1.82, 2.24) is 5.32 Å². The number of ether oxygens (including phenoxy) is 1. The highest BCUT2D eigenvalue weighted by Gasteiger charge is 2.21. The van der Waals surface area contributed by atoms with Gasteiger partial charge in [-0.15, -0.1) is 0 Å². The van der Waals surface area contributed by atoms with Gasteiger partial charge in [0.1, 0.15) is 17.7 Å². The average molecular weight is 368 g/mol. The van der Waals surface area contributed by atoms with Gasteiger partial charge in [0.25, 0.3) is 0 Å². The normalized spacial score (nSPS) is 19.2. The second kappa shape index (κ2) is 8.75. The largest absolute Gasteiger partial charge is 0.490 e. The van der Waals surface area contributed by atoms with Crippen molar-refractivity contribution < 1.29 is 9.13 Å². The van der Waals surface area contributed by atoms with E-state index in [-0.39, 0.29) is 11.9 Å². The van der Waals surface area contributed by atoms with Crippen LogP contribution in [0.2, 0.25) is 0 Å². The Kier molecular flexibility index (Phi) is 5.93. The van der Waals surface area contributed by atoms with E-state index in [1.165, 1.54) is 42.6 Å². The molecular weight excluding hydrogens is 339 g/mol. The number of benzene rings is 2. The third kappa shape index (κ3) is 5.01. The van der Waals surface area contributed by atoms with Gasteiger partial charge in [0.2, 0.25) is 0 Å². The van der Waals surface area contributed by atoms with Crippen LogP contribution < -0.4 is 15.0 Å².